The molecule has 0 bridgehead atoms. The van der Waals surface area contributed by atoms with Crippen LogP contribution in [0.15, 0.2) is 48.9 Å². The Bertz CT molecular complexity index is 1120. The summed E-state index contributed by atoms with van der Waals surface area (Å²) in [6, 6.07) is 9.39. The van der Waals surface area contributed by atoms with Gasteiger partial charge in [-0.05, 0) is 30.3 Å². The van der Waals surface area contributed by atoms with E-state index in [9.17, 15) is 8.78 Å². The molecule has 4 rings (SSSR count). The molecule has 8 heteroatoms. The van der Waals surface area contributed by atoms with Gasteiger partial charge in [-0.25, -0.2) is 18.7 Å². The summed E-state index contributed by atoms with van der Waals surface area (Å²) in [5.41, 5.74) is 2.91. The van der Waals surface area contributed by atoms with Crippen LogP contribution in [0.4, 0.5) is 14.6 Å². The van der Waals surface area contributed by atoms with Crippen LogP contribution in [-0.2, 0) is 6.54 Å². The maximum Gasteiger partial charge on any atom is 0.275 e. The number of rotatable bonds is 4. The number of aryl methyl sites for hydroxylation is 1. The third kappa shape index (κ3) is 2.59. The second kappa shape index (κ2) is 6.37. The topological polar surface area (TPSA) is 52.4 Å². The van der Waals surface area contributed by atoms with Crippen molar-refractivity contribution < 1.29 is 8.78 Å². The van der Waals surface area contributed by atoms with Crippen molar-refractivity contribution in [2.24, 2.45) is 0 Å². The minimum atomic E-state index is -0.563. The first-order valence-corrected chi connectivity index (χ1v) is 7.81. The normalized spacial score (nSPS) is 11.0. The quantitative estimate of drug-likeness (QED) is 0.524. The number of alkyl halides is 1. The Hall–Kier alpha value is -3.60. The lowest BCUT2D eigenvalue weighted by Gasteiger charge is -2.08. The van der Waals surface area contributed by atoms with E-state index in [1.165, 1.54) is 29.2 Å². The Labute approximate surface area is 147 Å². The first kappa shape index (κ1) is 15.9. The zero-order valence-electron chi connectivity index (χ0n) is 13.5. The summed E-state index contributed by atoms with van der Waals surface area (Å²) in [7, 11) is 0. The number of aromatic nitrogens is 5. The van der Waals surface area contributed by atoms with Crippen LogP contribution >= 0.6 is 0 Å². The molecule has 128 valence electrons. The van der Waals surface area contributed by atoms with Gasteiger partial charge >= 0.3 is 0 Å². The lowest BCUT2D eigenvalue weighted by Crippen LogP contribution is -2.03. The van der Waals surface area contributed by atoms with Gasteiger partial charge in [-0.15, -0.1) is 4.52 Å². The van der Waals surface area contributed by atoms with Crippen molar-refractivity contribution in [3.63, 3.8) is 0 Å². The molecule has 0 aliphatic carbocycles. The van der Waals surface area contributed by atoms with Crippen molar-refractivity contribution in [1.82, 2.24) is 24.1 Å². The third-order valence-corrected chi connectivity index (χ3v) is 3.98. The minimum Gasteiger partial charge on any atom is -0.360 e. The van der Waals surface area contributed by atoms with Gasteiger partial charge in [0.2, 0.25) is 5.65 Å². The van der Waals surface area contributed by atoms with E-state index in [0.29, 0.717) is 28.3 Å². The molecule has 26 heavy (non-hydrogen) atoms. The zero-order chi connectivity index (χ0) is 18.1. The minimum absolute atomic E-state index is 0.114. The van der Waals surface area contributed by atoms with Gasteiger partial charge in [-0.2, -0.15) is 0 Å². The zero-order valence-corrected chi connectivity index (χ0v) is 13.5. The van der Waals surface area contributed by atoms with Gasteiger partial charge in [0.15, 0.2) is 0 Å². The van der Waals surface area contributed by atoms with Crippen LogP contribution in [0, 0.1) is 12.4 Å². The summed E-state index contributed by atoms with van der Waals surface area (Å²) in [5.74, 6) is -0.0695. The number of hydrogen-bond donors (Lipinski definition) is 0. The van der Waals surface area contributed by atoms with Gasteiger partial charge in [-0.3, -0.25) is 0 Å². The van der Waals surface area contributed by atoms with Gasteiger partial charge in [0.05, 0.1) is 30.5 Å². The van der Waals surface area contributed by atoms with E-state index < -0.39 is 6.67 Å². The number of fused-ring (bicyclic) bond motifs is 1. The van der Waals surface area contributed by atoms with Crippen LogP contribution in [0.2, 0.25) is 0 Å². The molecule has 0 amide bonds. The van der Waals surface area contributed by atoms with Gasteiger partial charge in [0, 0.05) is 11.6 Å². The van der Waals surface area contributed by atoms with E-state index in [4.69, 9.17) is 6.57 Å². The Morgan fingerprint density at radius 1 is 1.08 bits per heavy atom. The first-order valence-electron chi connectivity index (χ1n) is 7.81. The second-order valence-electron chi connectivity index (χ2n) is 5.55. The van der Waals surface area contributed by atoms with E-state index in [1.54, 1.807) is 28.8 Å². The molecule has 0 saturated heterocycles. The monoisotopic (exact) mass is 350 g/mol. The average molecular weight is 350 g/mol. The molecule has 0 unspecified atom stereocenters. The van der Waals surface area contributed by atoms with Gasteiger partial charge in [-0.1, -0.05) is 11.7 Å². The fourth-order valence-electron chi connectivity index (χ4n) is 2.79. The number of hydrogen-bond acceptors (Lipinski definition) is 3. The van der Waals surface area contributed by atoms with E-state index in [0.717, 1.165) is 0 Å². The molecule has 0 aliphatic heterocycles. The Morgan fingerprint density at radius 3 is 2.62 bits per heavy atom. The number of nitrogens with zero attached hydrogens (tertiary/aromatic N) is 6. The van der Waals surface area contributed by atoms with Crippen molar-refractivity contribution in [1.29, 1.82) is 0 Å². The molecular weight excluding hydrogens is 338 g/mol. The van der Waals surface area contributed by atoms with Crippen molar-refractivity contribution in [2.45, 2.75) is 6.54 Å². The van der Waals surface area contributed by atoms with Crippen LogP contribution in [0.3, 0.4) is 0 Å². The van der Waals surface area contributed by atoms with E-state index in [2.05, 4.69) is 19.9 Å². The molecule has 6 nitrogen and oxygen atoms in total. The smallest absolute Gasteiger partial charge is 0.275 e. The van der Waals surface area contributed by atoms with Crippen LogP contribution in [-0.4, -0.2) is 30.8 Å². The van der Waals surface area contributed by atoms with Gasteiger partial charge in [0.1, 0.15) is 18.2 Å². The predicted octanol–water partition coefficient (Wildman–Crippen LogP) is 3.92. The highest BCUT2D eigenvalue weighted by molar-refractivity contribution is 5.77. The number of benzene rings is 1. The molecule has 0 saturated carbocycles. The van der Waals surface area contributed by atoms with E-state index in [-0.39, 0.29) is 18.2 Å². The summed E-state index contributed by atoms with van der Waals surface area (Å²) in [4.78, 5) is 11.9. The molecule has 0 aliphatic rings. The molecule has 3 heterocycles. The van der Waals surface area contributed by atoms with Crippen molar-refractivity contribution >= 4 is 11.5 Å². The third-order valence-electron chi connectivity index (χ3n) is 3.98. The van der Waals surface area contributed by atoms with Crippen LogP contribution in [0.5, 0.6) is 0 Å². The average Bonchev–Trinajstić information content (AvgIpc) is 3.26. The summed E-state index contributed by atoms with van der Waals surface area (Å²) in [6.07, 6.45) is 2.97. The number of halogens is 2. The highest BCUT2D eigenvalue weighted by Gasteiger charge is 2.19. The van der Waals surface area contributed by atoms with E-state index >= 15 is 0 Å². The lowest BCUT2D eigenvalue weighted by atomic mass is 10.1. The highest BCUT2D eigenvalue weighted by Crippen LogP contribution is 2.31. The second-order valence-corrected chi connectivity index (χ2v) is 5.55. The van der Waals surface area contributed by atoms with E-state index in [1.807, 2.05) is 0 Å². The molecule has 0 fully saturated rings. The Balaban J connectivity index is 1.93. The van der Waals surface area contributed by atoms with Gasteiger partial charge in [0.25, 0.3) is 5.82 Å². The molecule has 1 aromatic carbocycles. The highest BCUT2D eigenvalue weighted by atomic mass is 19.1. The Morgan fingerprint density at radius 2 is 1.88 bits per heavy atom. The first-order chi connectivity index (χ1) is 12.7. The van der Waals surface area contributed by atoms with Crippen molar-refractivity contribution in [3.05, 3.63) is 66.2 Å². The molecule has 0 N–H and O–H groups in total. The molecule has 3 aromatic heterocycles. The standard InChI is InChI=1S/C18H12F2N6/c1-21-16-10-22-15-7-6-14(24-26(15)16)18-17(23-11-25(18)9-8-19)12-2-4-13(20)5-3-12/h2-7,10-11H,8-9H2. The molecular formula is C18H12F2N6. The fraction of sp³-hybridized carbons (Fsp3) is 0.111. The van der Waals surface area contributed by atoms with Crippen LogP contribution in [0.25, 0.3) is 33.1 Å². The summed E-state index contributed by atoms with van der Waals surface area (Å²) in [6.45, 7) is 6.77. The summed E-state index contributed by atoms with van der Waals surface area (Å²) < 4.78 is 29.3. The summed E-state index contributed by atoms with van der Waals surface area (Å²) in [5, 5.41) is 4.48. The van der Waals surface area contributed by atoms with Crippen molar-refractivity contribution in [2.75, 3.05) is 6.67 Å². The fourth-order valence-corrected chi connectivity index (χ4v) is 2.79. The molecule has 4 aromatic rings. The molecule has 0 radical (unpaired) electrons. The molecule has 0 spiro atoms. The maximum atomic E-state index is 13.2. The van der Waals surface area contributed by atoms with Crippen LogP contribution in [0.1, 0.15) is 0 Å². The van der Waals surface area contributed by atoms with Crippen LogP contribution < -0.4 is 0 Å². The summed E-state index contributed by atoms with van der Waals surface area (Å²) >= 11 is 0. The van der Waals surface area contributed by atoms with Crippen molar-refractivity contribution in [3.8, 4) is 22.6 Å². The Kier molecular flexibility index (Phi) is 3.89. The maximum absolute atomic E-state index is 13.2. The molecule has 0 atom stereocenters. The number of imidazole rings is 2. The lowest BCUT2D eigenvalue weighted by molar-refractivity contribution is 0.447. The van der Waals surface area contributed by atoms with Gasteiger partial charge < -0.3 is 9.41 Å². The predicted molar refractivity (Wildman–Crippen MR) is 91.8 cm³/mol. The SMILES string of the molecule is [C-]#[N+]c1cnc2ccc(-c3c(-c4ccc(F)cc4)ncn3CCF)nn12. The largest absolute Gasteiger partial charge is 0.360 e.